The highest BCUT2D eigenvalue weighted by Crippen LogP contribution is 2.30. The van der Waals surface area contributed by atoms with E-state index in [9.17, 15) is 9.59 Å². The summed E-state index contributed by atoms with van der Waals surface area (Å²) >= 11 is 6.22. The van der Waals surface area contributed by atoms with Gasteiger partial charge in [0.25, 0.3) is 5.91 Å². The maximum absolute atomic E-state index is 12.2. The number of ether oxygens (including phenoxy) is 1. The van der Waals surface area contributed by atoms with E-state index < -0.39 is 11.4 Å². The van der Waals surface area contributed by atoms with E-state index >= 15 is 0 Å². The van der Waals surface area contributed by atoms with Crippen LogP contribution in [0.15, 0.2) is 23.3 Å². The number of hydrogen-bond donors (Lipinski definition) is 1. The van der Waals surface area contributed by atoms with Gasteiger partial charge in [0.2, 0.25) is 0 Å². The first-order chi connectivity index (χ1) is 11.7. The van der Waals surface area contributed by atoms with Gasteiger partial charge in [0.1, 0.15) is 5.71 Å². The van der Waals surface area contributed by atoms with E-state index in [2.05, 4.69) is 10.5 Å². The second kappa shape index (κ2) is 7.84. The molecule has 0 aromatic heterocycles. The lowest BCUT2D eigenvalue weighted by molar-refractivity contribution is -0.165. The lowest BCUT2D eigenvalue weighted by atomic mass is 9.95. The molecule has 1 aromatic rings. The van der Waals surface area contributed by atoms with Gasteiger partial charge in [-0.2, -0.15) is 5.10 Å². The number of carbonyl (C=O) groups is 2. The van der Waals surface area contributed by atoms with E-state index in [1.165, 1.54) is 5.06 Å². The molecule has 1 fully saturated rings. The highest BCUT2D eigenvalue weighted by Gasteiger charge is 2.40. The summed E-state index contributed by atoms with van der Waals surface area (Å²) in [6.45, 7) is 7.82. The van der Waals surface area contributed by atoms with Crippen LogP contribution in [0.4, 0.5) is 5.69 Å². The van der Waals surface area contributed by atoms with Crippen LogP contribution < -0.4 is 5.43 Å². The Morgan fingerprint density at radius 1 is 1.48 bits per heavy atom. The molecule has 1 N–H and O–H groups in total. The first-order valence-corrected chi connectivity index (χ1v) is 8.33. The van der Waals surface area contributed by atoms with Crippen molar-refractivity contribution in [2.75, 3.05) is 18.6 Å². The Labute approximate surface area is 151 Å². The molecule has 0 bridgehead atoms. The summed E-state index contributed by atoms with van der Waals surface area (Å²) in [5.41, 5.74) is 3.80. The van der Waals surface area contributed by atoms with E-state index in [0.29, 0.717) is 22.9 Å². The van der Waals surface area contributed by atoms with Gasteiger partial charge < -0.3 is 4.74 Å². The Balaban J connectivity index is 2.09. The van der Waals surface area contributed by atoms with Crippen LogP contribution in [0.5, 0.6) is 0 Å². The first kappa shape index (κ1) is 19.2. The Kier molecular flexibility index (Phi) is 6.02. The Morgan fingerprint density at radius 3 is 2.80 bits per heavy atom. The fourth-order valence-electron chi connectivity index (χ4n) is 2.16. The summed E-state index contributed by atoms with van der Waals surface area (Å²) < 4.78 is 4.86. The third-order valence-corrected chi connectivity index (χ3v) is 4.04. The van der Waals surface area contributed by atoms with E-state index in [1.54, 1.807) is 32.0 Å². The van der Waals surface area contributed by atoms with Crippen LogP contribution in [0.1, 0.15) is 33.3 Å². The van der Waals surface area contributed by atoms with Gasteiger partial charge in [-0.1, -0.05) is 11.6 Å². The average molecular weight is 368 g/mol. The molecule has 1 aliphatic rings. The summed E-state index contributed by atoms with van der Waals surface area (Å²) in [7, 11) is 0. The molecule has 1 aliphatic heterocycles. The van der Waals surface area contributed by atoms with Gasteiger partial charge in [-0.3, -0.25) is 15.1 Å². The fraction of sp³-hybridized carbons (Fsp3) is 0.471. The van der Waals surface area contributed by atoms with Crippen LogP contribution >= 0.6 is 11.6 Å². The van der Waals surface area contributed by atoms with Crippen LogP contribution in [0.2, 0.25) is 5.02 Å². The molecule has 0 aliphatic carbocycles. The van der Waals surface area contributed by atoms with Crippen LogP contribution in [0.3, 0.4) is 0 Å². The lowest BCUT2D eigenvalue weighted by Crippen LogP contribution is -2.30. The van der Waals surface area contributed by atoms with Crippen molar-refractivity contribution in [1.82, 2.24) is 5.06 Å². The zero-order valence-corrected chi connectivity index (χ0v) is 15.5. The number of halogens is 1. The molecule has 2 rings (SSSR count). The highest BCUT2D eigenvalue weighted by atomic mass is 35.5. The molecular formula is C17H22ClN3O4. The Morgan fingerprint density at radius 2 is 2.20 bits per heavy atom. The van der Waals surface area contributed by atoms with Crippen molar-refractivity contribution in [3.8, 4) is 0 Å². The smallest absolute Gasteiger partial charge is 0.354 e. The predicted molar refractivity (Wildman–Crippen MR) is 95.1 cm³/mol. The molecule has 1 aromatic carbocycles. The number of hydrogen-bond acceptors (Lipinski definition) is 6. The number of benzene rings is 1. The Hall–Kier alpha value is -2.12. The summed E-state index contributed by atoms with van der Waals surface area (Å²) in [6.07, 6.45) is 0. The molecule has 1 saturated heterocycles. The maximum atomic E-state index is 12.2. The van der Waals surface area contributed by atoms with E-state index in [4.69, 9.17) is 21.2 Å². The highest BCUT2D eigenvalue weighted by molar-refractivity contribution is 6.35. The standard InChI is InChI=1S/C17H22ClN3O4/c1-5-24-15(22)11(2)19-20-13-6-7-14(18)12(8-13)9-21-16(23)17(3,4)10-25-21/h6-8,20H,5,9-10H2,1-4H3. The summed E-state index contributed by atoms with van der Waals surface area (Å²) in [6, 6.07) is 5.18. The average Bonchev–Trinajstić information content (AvgIpc) is 2.82. The van der Waals surface area contributed by atoms with Gasteiger partial charge in [-0.25, -0.2) is 9.86 Å². The van der Waals surface area contributed by atoms with Crippen molar-refractivity contribution in [2.24, 2.45) is 10.5 Å². The monoisotopic (exact) mass is 367 g/mol. The van der Waals surface area contributed by atoms with Crippen molar-refractivity contribution in [3.63, 3.8) is 0 Å². The summed E-state index contributed by atoms with van der Waals surface area (Å²) in [5.74, 6) is -0.569. The largest absolute Gasteiger partial charge is 0.461 e. The number of nitrogens with zero attached hydrogens (tertiary/aromatic N) is 2. The van der Waals surface area contributed by atoms with Crippen LogP contribution in [0, 0.1) is 5.41 Å². The fourth-order valence-corrected chi connectivity index (χ4v) is 2.34. The van der Waals surface area contributed by atoms with Gasteiger partial charge in [0, 0.05) is 5.02 Å². The molecule has 25 heavy (non-hydrogen) atoms. The molecule has 0 unspecified atom stereocenters. The van der Waals surface area contributed by atoms with Crippen molar-refractivity contribution in [2.45, 2.75) is 34.2 Å². The number of hydroxylamine groups is 2. The minimum Gasteiger partial charge on any atom is -0.461 e. The van der Waals surface area contributed by atoms with Gasteiger partial charge in [0.15, 0.2) is 0 Å². The van der Waals surface area contributed by atoms with Crippen LogP contribution in [-0.2, 0) is 25.7 Å². The third kappa shape index (κ3) is 4.70. The minimum absolute atomic E-state index is 0.0851. The van der Waals surface area contributed by atoms with Crippen molar-refractivity contribution >= 4 is 34.9 Å². The molecule has 0 saturated carbocycles. The topological polar surface area (TPSA) is 80.2 Å². The molecular weight excluding hydrogens is 346 g/mol. The lowest BCUT2D eigenvalue weighted by Gasteiger charge is -2.17. The number of hydrazone groups is 1. The van der Waals surface area contributed by atoms with Crippen molar-refractivity contribution in [1.29, 1.82) is 0 Å². The maximum Gasteiger partial charge on any atom is 0.354 e. The van der Waals surface area contributed by atoms with Gasteiger partial charge >= 0.3 is 5.97 Å². The van der Waals surface area contributed by atoms with E-state index in [0.717, 1.165) is 0 Å². The number of esters is 1. The molecule has 136 valence electrons. The summed E-state index contributed by atoms with van der Waals surface area (Å²) in [5, 5.41) is 5.82. The second-order valence-corrected chi connectivity index (χ2v) is 6.74. The zero-order valence-electron chi connectivity index (χ0n) is 14.8. The second-order valence-electron chi connectivity index (χ2n) is 6.33. The van der Waals surface area contributed by atoms with Crippen molar-refractivity contribution < 1.29 is 19.2 Å². The molecule has 7 nitrogen and oxygen atoms in total. The minimum atomic E-state index is -0.538. The number of amides is 1. The third-order valence-electron chi connectivity index (χ3n) is 3.67. The molecule has 0 spiro atoms. The zero-order chi connectivity index (χ0) is 18.6. The predicted octanol–water partition coefficient (Wildman–Crippen LogP) is 2.99. The van der Waals surface area contributed by atoms with Gasteiger partial charge in [-0.15, -0.1) is 0 Å². The van der Waals surface area contributed by atoms with Crippen LogP contribution in [-0.4, -0.2) is 35.9 Å². The quantitative estimate of drug-likeness (QED) is 0.475. The van der Waals surface area contributed by atoms with Crippen molar-refractivity contribution in [3.05, 3.63) is 28.8 Å². The number of nitrogens with one attached hydrogen (secondary N) is 1. The van der Waals surface area contributed by atoms with E-state index in [1.807, 2.05) is 13.8 Å². The molecule has 0 atom stereocenters. The molecule has 8 heteroatoms. The molecule has 0 radical (unpaired) electrons. The normalized spacial score (nSPS) is 16.9. The Bertz CT molecular complexity index is 703. The van der Waals surface area contributed by atoms with Gasteiger partial charge in [-0.05, 0) is 51.5 Å². The number of rotatable bonds is 6. The number of anilines is 1. The summed E-state index contributed by atoms with van der Waals surface area (Å²) in [4.78, 5) is 29.2. The van der Waals surface area contributed by atoms with E-state index in [-0.39, 0.29) is 24.8 Å². The number of carbonyl (C=O) groups excluding carboxylic acids is 2. The first-order valence-electron chi connectivity index (χ1n) is 7.95. The molecule has 1 heterocycles. The molecule has 1 amide bonds. The van der Waals surface area contributed by atoms with Gasteiger partial charge in [0.05, 0.1) is 30.9 Å². The van der Waals surface area contributed by atoms with Crippen LogP contribution in [0.25, 0.3) is 0 Å². The SMILES string of the molecule is CCOC(=O)C(C)=NNc1ccc(Cl)c(CN2OCC(C)(C)C2=O)c1.